The molecule has 0 aromatic rings. The maximum absolute atomic E-state index is 10.2. The Morgan fingerprint density at radius 1 is 1.00 bits per heavy atom. The topological polar surface area (TPSA) is 60.4 Å². The van der Waals surface area contributed by atoms with Gasteiger partial charge in [-0.1, -0.05) is 63.3 Å². The molecule has 0 bridgehead atoms. The lowest BCUT2D eigenvalue weighted by Crippen LogP contribution is -2.21. The van der Waals surface area contributed by atoms with E-state index in [1.807, 2.05) is 0 Å². The van der Waals surface area contributed by atoms with Gasteiger partial charge in [0.2, 0.25) is 0 Å². The minimum atomic E-state index is -0.948. The molecule has 0 saturated carbocycles. The van der Waals surface area contributed by atoms with E-state index in [-0.39, 0.29) is 12.5 Å². The predicted molar refractivity (Wildman–Crippen MR) is 85.8 cm³/mol. The van der Waals surface area contributed by atoms with Crippen LogP contribution in [-0.4, -0.2) is 17.2 Å². The number of aliphatic hydroxyl groups excluding tert-OH is 1. The van der Waals surface area contributed by atoms with Gasteiger partial charge in [0.05, 0.1) is 6.10 Å². The molecule has 0 aliphatic carbocycles. The van der Waals surface area contributed by atoms with Gasteiger partial charge in [-0.15, -0.1) is 0 Å². The van der Waals surface area contributed by atoms with Crippen LogP contribution in [0.4, 0.5) is 0 Å². The normalized spacial score (nSPS) is 13.2. The van der Waals surface area contributed by atoms with Gasteiger partial charge in [-0.25, -0.2) is 0 Å². The number of hydrogen-bond acceptors (Lipinski definition) is 3. The fraction of sp³-hybridized carbons (Fsp3) is 0.722. The zero-order chi connectivity index (χ0) is 15.8. The predicted octanol–water partition coefficient (Wildman–Crippen LogP) is 3.52. The molecule has 122 valence electrons. The molecule has 0 aromatic carbocycles. The maximum Gasteiger partial charge on any atom is 0.0574 e. The molecule has 0 heterocycles. The molecule has 0 aliphatic rings. The lowest BCUT2D eigenvalue weighted by Gasteiger charge is -2.07. The van der Waals surface area contributed by atoms with E-state index >= 15 is 0 Å². The number of carboxylic acids is 1. The summed E-state index contributed by atoms with van der Waals surface area (Å²) in [6.45, 7) is 2.12. The van der Waals surface area contributed by atoms with E-state index in [0.717, 1.165) is 64.2 Å². The van der Waals surface area contributed by atoms with Gasteiger partial charge in [0, 0.05) is 5.97 Å². The second-order valence-electron chi connectivity index (χ2n) is 5.51. The summed E-state index contributed by atoms with van der Waals surface area (Å²) in [6, 6.07) is 0. The van der Waals surface area contributed by atoms with Crippen molar-refractivity contribution >= 4 is 5.97 Å². The molecule has 0 fully saturated rings. The molecule has 3 heteroatoms. The van der Waals surface area contributed by atoms with Crippen LogP contribution in [0.5, 0.6) is 0 Å². The summed E-state index contributed by atoms with van der Waals surface area (Å²) in [7, 11) is 0. The Labute approximate surface area is 129 Å². The Kier molecular flexibility index (Phi) is 14.5. The zero-order valence-corrected chi connectivity index (χ0v) is 13.4. The van der Waals surface area contributed by atoms with Crippen LogP contribution in [-0.2, 0) is 4.79 Å². The second-order valence-corrected chi connectivity index (χ2v) is 5.51. The van der Waals surface area contributed by atoms with Crippen molar-refractivity contribution in [3.63, 3.8) is 0 Å². The third-order valence-corrected chi connectivity index (χ3v) is 3.42. The van der Waals surface area contributed by atoms with Crippen LogP contribution in [0, 0.1) is 0 Å². The van der Waals surface area contributed by atoms with E-state index in [2.05, 4.69) is 31.2 Å². The fourth-order valence-corrected chi connectivity index (χ4v) is 2.17. The average molecular weight is 295 g/mol. The van der Waals surface area contributed by atoms with E-state index in [1.54, 1.807) is 0 Å². The molecule has 1 N–H and O–H groups in total. The summed E-state index contributed by atoms with van der Waals surface area (Å²) < 4.78 is 0. The highest BCUT2D eigenvalue weighted by Crippen LogP contribution is 2.11. The third-order valence-electron chi connectivity index (χ3n) is 3.42. The van der Waals surface area contributed by atoms with Crippen molar-refractivity contribution in [3.8, 4) is 0 Å². The number of carbonyl (C=O) groups excluding carboxylic acids is 1. The van der Waals surface area contributed by atoms with Gasteiger partial charge in [-0.2, -0.15) is 0 Å². The third kappa shape index (κ3) is 16.9. The number of rotatable bonds is 14. The maximum atomic E-state index is 10.2. The quantitative estimate of drug-likeness (QED) is 0.394. The van der Waals surface area contributed by atoms with Gasteiger partial charge in [0.25, 0.3) is 0 Å². The largest absolute Gasteiger partial charge is 0.550 e. The zero-order valence-electron chi connectivity index (χ0n) is 13.4. The summed E-state index contributed by atoms with van der Waals surface area (Å²) in [4.78, 5) is 10.2. The van der Waals surface area contributed by atoms with E-state index in [1.165, 1.54) is 0 Å². The van der Waals surface area contributed by atoms with Crippen LogP contribution >= 0.6 is 0 Å². The van der Waals surface area contributed by atoms with Crippen molar-refractivity contribution in [3.05, 3.63) is 24.3 Å². The van der Waals surface area contributed by atoms with Crippen LogP contribution in [0.25, 0.3) is 0 Å². The summed E-state index contributed by atoms with van der Waals surface area (Å²) in [5, 5.41) is 20.0. The number of hydrogen-bond donors (Lipinski definition) is 1. The monoisotopic (exact) mass is 295 g/mol. The van der Waals surface area contributed by atoms with Crippen molar-refractivity contribution in [2.45, 2.75) is 83.7 Å². The summed E-state index contributed by atoms with van der Waals surface area (Å²) in [5.74, 6) is -0.948. The number of carboxylic acid groups (broad SMARTS) is 1. The summed E-state index contributed by atoms with van der Waals surface area (Å²) in [6.07, 6.45) is 18.1. The van der Waals surface area contributed by atoms with Gasteiger partial charge in [0.15, 0.2) is 0 Å². The molecular formula is C18H31O3-. The first-order valence-electron chi connectivity index (χ1n) is 8.34. The van der Waals surface area contributed by atoms with Crippen molar-refractivity contribution in [2.24, 2.45) is 0 Å². The Morgan fingerprint density at radius 2 is 1.62 bits per heavy atom. The first-order valence-corrected chi connectivity index (χ1v) is 8.34. The Morgan fingerprint density at radius 3 is 2.29 bits per heavy atom. The minimum absolute atomic E-state index is 0.179. The number of allylic oxidation sites excluding steroid dienone is 3. The molecular weight excluding hydrogens is 264 g/mol. The van der Waals surface area contributed by atoms with Gasteiger partial charge in [0.1, 0.15) is 0 Å². The highest BCUT2D eigenvalue weighted by molar-refractivity contribution is 5.63. The lowest BCUT2D eigenvalue weighted by atomic mass is 10.0. The molecule has 21 heavy (non-hydrogen) atoms. The van der Waals surface area contributed by atoms with Crippen LogP contribution in [0.1, 0.15) is 77.6 Å². The molecule has 1 atom stereocenters. The molecule has 0 radical (unpaired) electrons. The van der Waals surface area contributed by atoms with E-state index in [0.29, 0.717) is 0 Å². The molecule has 0 saturated heterocycles. The van der Waals surface area contributed by atoms with Crippen LogP contribution in [0.3, 0.4) is 0 Å². The van der Waals surface area contributed by atoms with Crippen molar-refractivity contribution in [2.75, 3.05) is 0 Å². The van der Waals surface area contributed by atoms with E-state index < -0.39 is 5.97 Å². The molecule has 3 nitrogen and oxygen atoms in total. The van der Waals surface area contributed by atoms with E-state index in [4.69, 9.17) is 0 Å². The van der Waals surface area contributed by atoms with Crippen molar-refractivity contribution in [1.82, 2.24) is 0 Å². The van der Waals surface area contributed by atoms with Crippen LogP contribution < -0.4 is 5.11 Å². The molecule has 1 unspecified atom stereocenters. The SMILES string of the molecule is CC/C=C\C/C=C\CC(O)CCCCCCCCC(=O)[O-]. The highest BCUT2D eigenvalue weighted by atomic mass is 16.4. The van der Waals surface area contributed by atoms with Crippen LogP contribution in [0.2, 0.25) is 0 Å². The van der Waals surface area contributed by atoms with E-state index in [9.17, 15) is 15.0 Å². The Hall–Kier alpha value is -1.09. The molecule has 0 spiro atoms. The summed E-state index contributed by atoms with van der Waals surface area (Å²) in [5.41, 5.74) is 0. The molecule has 0 aromatic heterocycles. The standard InChI is InChI=1S/C18H32O3/c1-2-3-4-5-8-11-14-17(19)15-12-9-6-7-10-13-16-18(20)21/h3-4,8,11,17,19H,2,5-7,9-10,12-16H2,1H3,(H,20,21)/p-1/b4-3-,11-8-. The minimum Gasteiger partial charge on any atom is -0.550 e. The van der Waals surface area contributed by atoms with Crippen molar-refractivity contribution < 1.29 is 15.0 Å². The van der Waals surface area contributed by atoms with Gasteiger partial charge in [-0.05, 0) is 38.5 Å². The second kappa shape index (κ2) is 15.3. The first-order chi connectivity index (χ1) is 10.2. The van der Waals surface area contributed by atoms with Gasteiger partial charge < -0.3 is 15.0 Å². The van der Waals surface area contributed by atoms with Gasteiger partial charge in [-0.3, -0.25) is 0 Å². The molecule has 0 rings (SSSR count). The number of unbranched alkanes of at least 4 members (excludes halogenated alkanes) is 5. The number of aliphatic hydroxyl groups is 1. The van der Waals surface area contributed by atoms with Crippen molar-refractivity contribution in [1.29, 1.82) is 0 Å². The summed E-state index contributed by atoms with van der Waals surface area (Å²) >= 11 is 0. The smallest absolute Gasteiger partial charge is 0.0574 e. The van der Waals surface area contributed by atoms with Crippen LogP contribution in [0.15, 0.2) is 24.3 Å². The Bertz CT molecular complexity index is 295. The van der Waals surface area contributed by atoms with Gasteiger partial charge >= 0.3 is 0 Å². The average Bonchev–Trinajstić information content (AvgIpc) is 2.45. The highest BCUT2D eigenvalue weighted by Gasteiger charge is 2.01. The number of aliphatic carboxylic acids is 1. The molecule has 0 amide bonds. The molecule has 0 aliphatic heterocycles. The first kappa shape index (κ1) is 19.9. The Balaban J connectivity index is 3.31. The number of carbonyl (C=O) groups is 1. The fourth-order valence-electron chi connectivity index (χ4n) is 2.17. The lowest BCUT2D eigenvalue weighted by molar-refractivity contribution is -0.305.